The Morgan fingerprint density at radius 1 is 0.302 bits per heavy atom. The number of nitrogens with zero attached hydrogens (tertiary/aromatic N) is 2. The Morgan fingerprint density at radius 2 is 0.778 bits per heavy atom. The monoisotopic (exact) mass is 818 g/mol. The molecule has 2 nitrogen and oxygen atoms in total. The van der Waals surface area contributed by atoms with Crippen LogP contribution < -0.4 is 20.7 Å². The topological polar surface area (TPSA) is 9.86 Å². The lowest BCUT2D eigenvalue weighted by Crippen LogP contribution is -2.75. The normalized spacial score (nSPS) is 11.8. The van der Waals surface area contributed by atoms with Crippen LogP contribution >= 0.6 is 0 Å². The highest BCUT2D eigenvalue weighted by atomic mass is 28.3. The van der Waals surface area contributed by atoms with Gasteiger partial charge in [-0.15, -0.1) is 0 Å². The minimum absolute atomic E-state index is 1.14. The summed E-state index contributed by atoms with van der Waals surface area (Å²) in [6.07, 6.45) is 0. The van der Waals surface area contributed by atoms with Gasteiger partial charge in [-0.25, -0.2) is 0 Å². The molecule has 0 saturated carbocycles. The average Bonchev–Trinajstić information content (AvgIpc) is 3.89. The van der Waals surface area contributed by atoms with Crippen molar-refractivity contribution in [3.63, 3.8) is 0 Å². The highest BCUT2D eigenvalue weighted by Crippen LogP contribution is 2.44. The molecule has 0 aliphatic rings. The molecular formula is C60H42N2Si. The molecule has 0 saturated heterocycles. The molecule has 0 spiro atoms. The highest BCUT2D eigenvalue weighted by molar-refractivity contribution is 7.20. The molecular weight excluding hydrogens is 777 g/mol. The van der Waals surface area contributed by atoms with Gasteiger partial charge in [-0.1, -0.05) is 218 Å². The molecule has 12 rings (SSSR count). The lowest BCUT2D eigenvalue weighted by atomic mass is 9.97. The first-order valence-corrected chi connectivity index (χ1v) is 23.8. The summed E-state index contributed by atoms with van der Waals surface area (Å²) in [5.41, 5.74) is 11.9. The molecule has 63 heavy (non-hydrogen) atoms. The van der Waals surface area contributed by atoms with E-state index in [-0.39, 0.29) is 0 Å². The first-order chi connectivity index (χ1) is 31.3. The van der Waals surface area contributed by atoms with Gasteiger partial charge in [0, 0.05) is 32.8 Å². The molecule has 0 aliphatic carbocycles. The smallest absolute Gasteiger partial charge is 0.181 e. The van der Waals surface area contributed by atoms with Crippen LogP contribution in [0.25, 0.3) is 77.2 Å². The molecule has 0 atom stereocenters. The van der Waals surface area contributed by atoms with E-state index in [9.17, 15) is 0 Å². The molecule has 0 aliphatic heterocycles. The maximum Gasteiger partial charge on any atom is 0.181 e. The maximum atomic E-state index is 2.61. The lowest BCUT2D eigenvalue weighted by Gasteiger charge is -2.35. The Bertz CT molecular complexity index is 3500. The van der Waals surface area contributed by atoms with Crippen LogP contribution in [0.5, 0.6) is 0 Å². The Hall–Kier alpha value is -7.98. The second-order valence-electron chi connectivity index (χ2n) is 16.4. The molecule has 296 valence electrons. The van der Waals surface area contributed by atoms with E-state index in [1.54, 1.807) is 0 Å². The fourth-order valence-corrected chi connectivity index (χ4v) is 15.4. The fraction of sp³-hybridized carbons (Fsp3) is 0. The standard InChI is InChI=1S/C60H42N2Si/c1-6-22-43(23-7-1)45-26-20-27-46(42-45)61-54-38-19-17-35-52(54)59-56(61)41-40-55(58(59)44-24-8-2-9-25-44)62-53-37-18-16-34-50(53)51-36-21-39-57(60(51)62)63(47-28-10-3-11-29-47,48-30-12-4-13-31-48)49-32-14-5-15-33-49/h1-42H. The summed E-state index contributed by atoms with van der Waals surface area (Å²) in [6.45, 7) is 0. The number of hydrogen-bond acceptors (Lipinski definition) is 0. The molecule has 0 fully saturated rings. The van der Waals surface area contributed by atoms with E-state index in [4.69, 9.17) is 0 Å². The second kappa shape index (κ2) is 15.2. The third kappa shape index (κ3) is 5.78. The van der Waals surface area contributed by atoms with Crippen LogP contribution in [-0.4, -0.2) is 17.2 Å². The van der Waals surface area contributed by atoms with Crippen molar-refractivity contribution >= 4 is 72.4 Å². The predicted molar refractivity (Wildman–Crippen MR) is 270 cm³/mol. The Balaban J connectivity index is 1.24. The average molecular weight is 819 g/mol. The number of hydrogen-bond donors (Lipinski definition) is 0. The second-order valence-corrected chi connectivity index (χ2v) is 20.2. The fourth-order valence-electron chi connectivity index (χ4n) is 10.5. The molecule has 2 heterocycles. The molecule has 0 N–H and O–H groups in total. The van der Waals surface area contributed by atoms with E-state index < -0.39 is 8.07 Å². The molecule has 0 radical (unpaired) electrons. The molecule has 0 bridgehead atoms. The van der Waals surface area contributed by atoms with Crippen molar-refractivity contribution < 1.29 is 0 Å². The van der Waals surface area contributed by atoms with Crippen molar-refractivity contribution in [1.82, 2.24) is 9.13 Å². The Labute approximate surface area is 368 Å². The number of fused-ring (bicyclic) bond motifs is 6. The van der Waals surface area contributed by atoms with Crippen molar-refractivity contribution in [1.29, 1.82) is 0 Å². The molecule has 3 heteroatoms. The molecule has 12 aromatic rings. The number of rotatable bonds is 8. The molecule has 0 amide bonds. The molecule has 0 unspecified atom stereocenters. The van der Waals surface area contributed by atoms with E-state index in [0.717, 1.165) is 11.4 Å². The van der Waals surface area contributed by atoms with Gasteiger partial charge in [0.2, 0.25) is 0 Å². The summed E-state index contributed by atoms with van der Waals surface area (Å²) in [7, 11) is -2.98. The van der Waals surface area contributed by atoms with Gasteiger partial charge < -0.3 is 9.13 Å². The van der Waals surface area contributed by atoms with Gasteiger partial charge in [-0.05, 0) is 73.8 Å². The Kier molecular flexibility index (Phi) is 8.87. The largest absolute Gasteiger partial charge is 0.309 e. The highest BCUT2D eigenvalue weighted by Gasteiger charge is 2.43. The van der Waals surface area contributed by atoms with Crippen LogP contribution in [0.2, 0.25) is 0 Å². The first kappa shape index (κ1) is 36.8. The zero-order valence-corrected chi connectivity index (χ0v) is 35.6. The van der Waals surface area contributed by atoms with Crippen molar-refractivity contribution in [3.8, 4) is 33.6 Å². The SMILES string of the molecule is c1ccc(-c2cccc(-n3c4ccccc4c4c(-c5ccccc5)c(-n5c6ccccc6c6cccc([Si](c7ccccc7)(c7ccccc7)c7ccccc7)c65)ccc43)c2)cc1. The Morgan fingerprint density at radius 3 is 1.40 bits per heavy atom. The van der Waals surface area contributed by atoms with Gasteiger partial charge in [-0.2, -0.15) is 0 Å². The van der Waals surface area contributed by atoms with Crippen molar-refractivity contribution in [3.05, 3.63) is 255 Å². The minimum atomic E-state index is -2.98. The van der Waals surface area contributed by atoms with Gasteiger partial charge in [0.15, 0.2) is 8.07 Å². The minimum Gasteiger partial charge on any atom is -0.309 e. The first-order valence-electron chi connectivity index (χ1n) is 21.8. The predicted octanol–water partition coefficient (Wildman–Crippen LogP) is 12.6. The van der Waals surface area contributed by atoms with E-state index in [0.29, 0.717) is 0 Å². The van der Waals surface area contributed by atoms with Crippen LogP contribution in [-0.2, 0) is 0 Å². The zero-order chi connectivity index (χ0) is 41.7. The maximum absolute atomic E-state index is 2.98. The summed E-state index contributed by atoms with van der Waals surface area (Å²) in [4.78, 5) is 0. The number of aromatic nitrogens is 2. The van der Waals surface area contributed by atoms with Crippen LogP contribution in [0.1, 0.15) is 0 Å². The van der Waals surface area contributed by atoms with Crippen LogP contribution in [0, 0.1) is 0 Å². The van der Waals surface area contributed by atoms with Crippen LogP contribution in [0.4, 0.5) is 0 Å². The number of para-hydroxylation sites is 3. The van der Waals surface area contributed by atoms with Crippen LogP contribution in [0.15, 0.2) is 255 Å². The van der Waals surface area contributed by atoms with Crippen molar-refractivity contribution in [2.75, 3.05) is 0 Å². The quantitative estimate of drug-likeness (QED) is 0.107. The number of benzene rings is 10. The third-order valence-corrected chi connectivity index (χ3v) is 17.9. The van der Waals surface area contributed by atoms with Gasteiger partial charge in [0.05, 0.1) is 27.8 Å². The molecule has 10 aromatic carbocycles. The van der Waals surface area contributed by atoms with Gasteiger partial charge >= 0.3 is 0 Å². The summed E-state index contributed by atoms with van der Waals surface area (Å²) < 4.78 is 5.07. The summed E-state index contributed by atoms with van der Waals surface area (Å²) in [5.74, 6) is 0. The van der Waals surface area contributed by atoms with Crippen molar-refractivity contribution in [2.24, 2.45) is 0 Å². The van der Waals surface area contributed by atoms with Gasteiger partial charge in [0.25, 0.3) is 0 Å². The van der Waals surface area contributed by atoms with Gasteiger partial charge in [-0.3, -0.25) is 0 Å². The summed E-state index contributed by atoms with van der Waals surface area (Å²) >= 11 is 0. The van der Waals surface area contributed by atoms with E-state index >= 15 is 0 Å². The summed E-state index contributed by atoms with van der Waals surface area (Å²) in [5, 5.41) is 10.4. The van der Waals surface area contributed by atoms with Crippen LogP contribution in [0.3, 0.4) is 0 Å². The zero-order valence-electron chi connectivity index (χ0n) is 34.6. The van der Waals surface area contributed by atoms with E-state index in [1.807, 2.05) is 0 Å². The third-order valence-electron chi connectivity index (χ3n) is 13.1. The lowest BCUT2D eigenvalue weighted by molar-refractivity contribution is 1.17. The van der Waals surface area contributed by atoms with E-state index in [1.165, 1.54) is 86.6 Å². The molecule has 2 aromatic heterocycles. The van der Waals surface area contributed by atoms with Gasteiger partial charge in [0.1, 0.15) is 0 Å². The van der Waals surface area contributed by atoms with E-state index in [2.05, 4.69) is 264 Å². The summed E-state index contributed by atoms with van der Waals surface area (Å²) in [6, 6.07) is 94.4. The van der Waals surface area contributed by atoms with Crippen molar-refractivity contribution in [2.45, 2.75) is 0 Å².